The van der Waals surface area contributed by atoms with E-state index in [0.717, 1.165) is 30.4 Å². The van der Waals surface area contributed by atoms with Gasteiger partial charge in [0.25, 0.3) is 5.91 Å². The van der Waals surface area contributed by atoms with Crippen LogP contribution >= 0.6 is 0 Å². The highest BCUT2D eigenvalue weighted by atomic mass is 16.2. The van der Waals surface area contributed by atoms with Gasteiger partial charge in [-0.3, -0.25) is 14.4 Å². The molecular weight excluding hydrogens is 402 g/mol. The summed E-state index contributed by atoms with van der Waals surface area (Å²) in [6.45, 7) is 4.76. The molecule has 6 nitrogen and oxygen atoms in total. The second-order valence-corrected chi connectivity index (χ2v) is 8.70. The van der Waals surface area contributed by atoms with Crippen molar-refractivity contribution in [2.24, 2.45) is 0 Å². The van der Waals surface area contributed by atoms with Crippen molar-refractivity contribution in [3.63, 3.8) is 0 Å². The van der Waals surface area contributed by atoms with Crippen LogP contribution in [0.15, 0.2) is 54.6 Å². The Morgan fingerprint density at radius 3 is 2.31 bits per heavy atom. The van der Waals surface area contributed by atoms with Gasteiger partial charge in [0.2, 0.25) is 11.8 Å². The number of benzene rings is 2. The van der Waals surface area contributed by atoms with E-state index >= 15 is 0 Å². The van der Waals surface area contributed by atoms with E-state index in [4.69, 9.17) is 0 Å². The molecule has 2 saturated heterocycles. The van der Waals surface area contributed by atoms with Crippen LogP contribution < -0.4 is 0 Å². The number of hydrogen-bond acceptors (Lipinski definition) is 3. The summed E-state index contributed by atoms with van der Waals surface area (Å²) in [7, 11) is 0. The molecule has 168 valence electrons. The van der Waals surface area contributed by atoms with Crippen LogP contribution in [-0.2, 0) is 9.59 Å². The Morgan fingerprint density at radius 1 is 0.812 bits per heavy atom. The van der Waals surface area contributed by atoms with Crippen molar-refractivity contribution in [1.82, 2.24) is 14.7 Å². The molecule has 3 amide bonds. The highest BCUT2D eigenvalue weighted by molar-refractivity contribution is 5.94. The minimum atomic E-state index is -0.594. The number of nitrogens with zero attached hydrogens (tertiary/aromatic N) is 3. The fraction of sp³-hybridized carbons (Fsp3) is 0.423. The average Bonchev–Trinajstić information content (AvgIpc) is 3.07. The van der Waals surface area contributed by atoms with Crippen molar-refractivity contribution in [3.8, 4) is 0 Å². The summed E-state index contributed by atoms with van der Waals surface area (Å²) in [6, 6.07) is 16.6. The fourth-order valence-corrected chi connectivity index (χ4v) is 4.67. The predicted octanol–water partition coefficient (Wildman–Crippen LogP) is 3.42. The van der Waals surface area contributed by atoms with Gasteiger partial charge in [-0.1, -0.05) is 48.0 Å². The molecule has 0 radical (unpaired) electrons. The SMILES string of the molecule is Cc1cccc(C(=O)N2CCCN(C(=O)C(c3ccccc3)N3CCCCC3=O)CC2)c1. The number of rotatable bonds is 4. The van der Waals surface area contributed by atoms with Crippen LogP contribution in [0, 0.1) is 6.92 Å². The van der Waals surface area contributed by atoms with Gasteiger partial charge < -0.3 is 14.7 Å². The second kappa shape index (κ2) is 9.98. The molecule has 0 N–H and O–H groups in total. The summed E-state index contributed by atoms with van der Waals surface area (Å²) in [4.78, 5) is 44.8. The first kappa shape index (κ1) is 22.1. The number of piperidine rings is 1. The predicted molar refractivity (Wildman–Crippen MR) is 123 cm³/mol. The summed E-state index contributed by atoms with van der Waals surface area (Å²) in [5.41, 5.74) is 2.59. The Morgan fingerprint density at radius 2 is 1.56 bits per heavy atom. The van der Waals surface area contributed by atoms with Crippen molar-refractivity contribution in [2.75, 3.05) is 32.7 Å². The third kappa shape index (κ3) is 4.85. The lowest BCUT2D eigenvalue weighted by molar-refractivity contribution is -0.147. The van der Waals surface area contributed by atoms with Gasteiger partial charge in [0.1, 0.15) is 6.04 Å². The molecule has 2 aromatic rings. The minimum Gasteiger partial charge on any atom is -0.339 e. The molecule has 2 heterocycles. The molecule has 0 aromatic heterocycles. The quantitative estimate of drug-likeness (QED) is 0.742. The van der Waals surface area contributed by atoms with Crippen molar-refractivity contribution in [3.05, 3.63) is 71.3 Å². The van der Waals surface area contributed by atoms with Gasteiger partial charge in [-0.15, -0.1) is 0 Å². The first-order valence-electron chi connectivity index (χ1n) is 11.5. The van der Waals surface area contributed by atoms with Crippen LogP contribution in [0.5, 0.6) is 0 Å². The van der Waals surface area contributed by atoms with Gasteiger partial charge in [-0.05, 0) is 43.9 Å². The molecule has 2 aromatic carbocycles. The standard InChI is InChI=1S/C26H31N3O3/c1-20-9-7-12-22(19-20)25(31)27-14-8-15-28(18-17-27)26(32)24(21-10-3-2-4-11-21)29-16-6-5-13-23(29)30/h2-4,7,9-12,19,24H,5-6,8,13-18H2,1H3. The third-order valence-corrected chi connectivity index (χ3v) is 6.38. The third-order valence-electron chi connectivity index (χ3n) is 6.38. The van der Waals surface area contributed by atoms with Crippen LogP contribution in [0.2, 0.25) is 0 Å². The molecule has 2 aliphatic heterocycles. The summed E-state index contributed by atoms with van der Waals surface area (Å²) in [6.07, 6.45) is 3.01. The van der Waals surface area contributed by atoms with Crippen LogP contribution in [0.4, 0.5) is 0 Å². The number of aryl methyl sites for hydroxylation is 1. The van der Waals surface area contributed by atoms with Gasteiger partial charge in [0, 0.05) is 44.7 Å². The van der Waals surface area contributed by atoms with E-state index in [9.17, 15) is 14.4 Å². The van der Waals surface area contributed by atoms with Gasteiger partial charge >= 0.3 is 0 Å². The number of likely N-dealkylation sites (tertiary alicyclic amines) is 1. The normalized spacial score (nSPS) is 18.3. The largest absolute Gasteiger partial charge is 0.339 e. The van der Waals surface area contributed by atoms with Crippen LogP contribution in [0.1, 0.15) is 53.2 Å². The Labute approximate surface area is 189 Å². The van der Waals surface area contributed by atoms with Crippen LogP contribution in [0.3, 0.4) is 0 Å². The molecule has 0 saturated carbocycles. The molecule has 6 heteroatoms. The molecule has 0 bridgehead atoms. The van der Waals surface area contributed by atoms with Gasteiger partial charge in [-0.25, -0.2) is 0 Å². The van der Waals surface area contributed by atoms with Crippen LogP contribution in [-0.4, -0.2) is 65.1 Å². The zero-order valence-electron chi connectivity index (χ0n) is 18.7. The second-order valence-electron chi connectivity index (χ2n) is 8.70. The number of carbonyl (C=O) groups excluding carboxylic acids is 3. The average molecular weight is 434 g/mol. The number of carbonyl (C=O) groups is 3. The Bertz CT molecular complexity index is 975. The van der Waals surface area contributed by atoms with Gasteiger partial charge in [0.05, 0.1) is 0 Å². The van der Waals surface area contributed by atoms with Crippen molar-refractivity contribution in [1.29, 1.82) is 0 Å². The molecule has 32 heavy (non-hydrogen) atoms. The summed E-state index contributed by atoms with van der Waals surface area (Å²) in [5, 5.41) is 0. The van der Waals surface area contributed by atoms with Crippen molar-refractivity contribution >= 4 is 17.7 Å². The maximum Gasteiger partial charge on any atom is 0.253 e. The van der Waals surface area contributed by atoms with E-state index < -0.39 is 6.04 Å². The fourth-order valence-electron chi connectivity index (χ4n) is 4.67. The van der Waals surface area contributed by atoms with Crippen LogP contribution in [0.25, 0.3) is 0 Å². The first-order valence-corrected chi connectivity index (χ1v) is 11.5. The smallest absolute Gasteiger partial charge is 0.253 e. The zero-order chi connectivity index (χ0) is 22.5. The maximum absolute atomic E-state index is 13.7. The van der Waals surface area contributed by atoms with Gasteiger partial charge in [0.15, 0.2) is 0 Å². The molecule has 1 unspecified atom stereocenters. The van der Waals surface area contributed by atoms with E-state index in [0.29, 0.717) is 44.7 Å². The zero-order valence-corrected chi connectivity index (χ0v) is 18.7. The highest BCUT2D eigenvalue weighted by Crippen LogP contribution is 2.28. The Balaban J connectivity index is 1.51. The summed E-state index contributed by atoms with van der Waals surface area (Å²) < 4.78 is 0. The topological polar surface area (TPSA) is 60.9 Å². The Kier molecular flexibility index (Phi) is 6.88. The number of hydrogen-bond donors (Lipinski definition) is 0. The first-order chi connectivity index (χ1) is 15.5. The molecule has 0 aliphatic carbocycles. The molecule has 2 aliphatic rings. The molecule has 2 fully saturated rings. The lowest BCUT2D eigenvalue weighted by Gasteiger charge is -2.36. The van der Waals surface area contributed by atoms with E-state index in [1.807, 2.05) is 71.3 Å². The molecule has 0 spiro atoms. The lowest BCUT2D eigenvalue weighted by atomic mass is 10.00. The van der Waals surface area contributed by atoms with E-state index in [-0.39, 0.29) is 17.7 Å². The molecule has 4 rings (SSSR count). The lowest BCUT2D eigenvalue weighted by Crippen LogP contribution is -2.48. The Hall–Kier alpha value is -3.15. The van der Waals surface area contributed by atoms with E-state index in [1.165, 1.54) is 0 Å². The summed E-state index contributed by atoms with van der Waals surface area (Å²) in [5.74, 6) is 0.00893. The van der Waals surface area contributed by atoms with E-state index in [2.05, 4.69) is 0 Å². The maximum atomic E-state index is 13.7. The summed E-state index contributed by atoms with van der Waals surface area (Å²) >= 11 is 0. The number of amides is 3. The van der Waals surface area contributed by atoms with Crippen molar-refractivity contribution in [2.45, 2.75) is 38.6 Å². The highest BCUT2D eigenvalue weighted by Gasteiger charge is 2.36. The van der Waals surface area contributed by atoms with Crippen molar-refractivity contribution < 1.29 is 14.4 Å². The van der Waals surface area contributed by atoms with Gasteiger partial charge in [-0.2, -0.15) is 0 Å². The minimum absolute atomic E-state index is 0.00816. The monoisotopic (exact) mass is 433 g/mol. The molecular formula is C26H31N3O3. The van der Waals surface area contributed by atoms with E-state index in [1.54, 1.807) is 4.90 Å². The molecule has 1 atom stereocenters.